The summed E-state index contributed by atoms with van der Waals surface area (Å²) < 4.78 is 35.4. The number of nitro groups is 1. The number of rotatable bonds is 9. The van der Waals surface area contributed by atoms with Crippen LogP contribution in [0.1, 0.15) is 5.56 Å². The molecule has 30 heavy (non-hydrogen) atoms. The Balaban J connectivity index is 2.17. The summed E-state index contributed by atoms with van der Waals surface area (Å²) in [6.07, 6.45) is 2.21. The van der Waals surface area contributed by atoms with Crippen LogP contribution in [-0.4, -0.2) is 52.5 Å². The first-order chi connectivity index (χ1) is 14.2. The van der Waals surface area contributed by atoms with Crippen molar-refractivity contribution in [2.75, 3.05) is 31.3 Å². The number of ether oxygens (including phenoxy) is 2. The Morgan fingerprint density at radius 2 is 1.93 bits per heavy atom. The Morgan fingerprint density at radius 1 is 1.23 bits per heavy atom. The van der Waals surface area contributed by atoms with E-state index < -0.39 is 27.4 Å². The summed E-state index contributed by atoms with van der Waals surface area (Å²) in [5.74, 6) is 0.138. The number of carbonyl (C=O) groups excluding carboxylic acids is 1. The molecule has 0 aliphatic carbocycles. The fourth-order valence-electron chi connectivity index (χ4n) is 2.51. The maximum atomic E-state index is 12.2. The number of nitrogens with one attached hydrogen (secondary N) is 1. The van der Waals surface area contributed by atoms with Crippen molar-refractivity contribution in [2.45, 2.75) is 0 Å². The van der Waals surface area contributed by atoms with Crippen molar-refractivity contribution in [2.24, 2.45) is 5.10 Å². The molecule has 0 saturated carbocycles. The van der Waals surface area contributed by atoms with Crippen LogP contribution in [0.15, 0.2) is 47.6 Å². The maximum absolute atomic E-state index is 12.2. The summed E-state index contributed by atoms with van der Waals surface area (Å²) in [7, 11) is -0.955. The predicted octanol–water partition coefficient (Wildman–Crippen LogP) is 1.53. The quantitative estimate of drug-likeness (QED) is 0.357. The molecule has 1 amide bonds. The summed E-state index contributed by atoms with van der Waals surface area (Å²) in [6, 6.07) is 10.1. The van der Waals surface area contributed by atoms with Gasteiger partial charge in [0.2, 0.25) is 10.0 Å². The number of benzene rings is 2. The Bertz CT molecular complexity index is 1070. The lowest BCUT2D eigenvalue weighted by molar-refractivity contribution is -0.384. The van der Waals surface area contributed by atoms with E-state index in [1.54, 1.807) is 18.2 Å². The molecule has 0 aromatic heterocycles. The molecule has 2 aromatic rings. The van der Waals surface area contributed by atoms with Gasteiger partial charge in [0, 0.05) is 17.7 Å². The highest BCUT2D eigenvalue weighted by Gasteiger charge is 2.22. The van der Waals surface area contributed by atoms with Gasteiger partial charge < -0.3 is 9.47 Å². The van der Waals surface area contributed by atoms with E-state index in [1.807, 2.05) is 0 Å². The number of hydrogen-bond acceptors (Lipinski definition) is 8. The summed E-state index contributed by atoms with van der Waals surface area (Å²) in [6.45, 7) is -0.618. The Labute approximate surface area is 173 Å². The highest BCUT2D eigenvalue weighted by Crippen LogP contribution is 2.29. The predicted molar refractivity (Wildman–Crippen MR) is 111 cm³/mol. The van der Waals surface area contributed by atoms with Crippen LogP contribution >= 0.6 is 0 Å². The number of anilines is 1. The number of hydrogen-bond donors (Lipinski definition) is 1. The molecule has 0 unspecified atom stereocenters. The van der Waals surface area contributed by atoms with Crippen molar-refractivity contribution in [3.63, 3.8) is 0 Å². The molecule has 2 rings (SSSR count). The van der Waals surface area contributed by atoms with Crippen LogP contribution in [0.3, 0.4) is 0 Å². The number of nitrogens with zero attached hydrogens (tertiary/aromatic N) is 3. The van der Waals surface area contributed by atoms with E-state index in [9.17, 15) is 23.3 Å². The van der Waals surface area contributed by atoms with Crippen molar-refractivity contribution < 1.29 is 27.6 Å². The molecule has 0 aliphatic heterocycles. The average molecular weight is 436 g/mol. The van der Waals surface area contributed by atoms with E-state index in [2.05, 4.69) is 10.5 Å². The second kappa shape index (κ2) is 9.69. The van der Waals surface area contributed by atoms with E-state index in [0.717, 1.165) is 16.6 Å². The number of amides is 1. The highest BCUT2D eigenvalue weighted by atomic mass is 32.2. The fraction of sp³-hybridized carbons (Fsp3) is 0.222. The minimum Gasteiger partial charge on any atom is -0.493 e. The third kappa shape index (κ3) is 5.67. The minimum atomic E-state index is -3.89. The number of sulfonamides is 1. The summed E-state index contributed by atoms with van der Waals surface area (Å²) in [4.78, 5) is 22.5. The van der Waals surface area contributed by atoms with Crippen LogP contribution in [0.2, 0.25) is 0 Å². The molecule has 0 saturated heterocycles. The minimum absolute atomic E-state index is 0.0136. The molecule has 0 atom stereocenters. The van der Waals surface area contributed by atoms with Crippen LogP contribution < -0.4 is 19.2 Å². The van der Waals surface area contributed by atoms with Crippen molar-refractivity contribution >= 4 is 33.5 Å². The zero-order valence-electron chi connectivity index (χ0n) is 16.4. The molecule has 1 N–H and O–H groups in total. The number of nitro benzene ring substituents is 1. The van der Waals surface area contributed by atoms with Gasteiger partial charge in [-0.05, 0) is 18.2 Å². The van der Waals surface area contributed by atoms with Crippen LogP contribution in [-0.2, 0) is 14.8 Å². The molecule has 11 nitrogen and oxygen atoms in total. The Kier molecular flexibility index (Phi) is 7.31. The third-order valence-electron chi connectivity index (χ3n) is 3.84. The lowest BCUT2D eigenvalue weighted by Crippen LogP contribution is -2.39. The second-order valence-electron chi connectivity index (χ2n) is 5.92. The summed E-state index contributed by atoms with van der Waals surface area (Å²) in [5.41, 5.74) is 2.43. The highest BCUT2D eigenvalue weighted by molar-refractivity contribution is 7.92. The first-order valence-electron chi connectivity index (χ1n) is 8.42. The van der Waals surface area contributed by atoms with Gasteiger partial charge >= 0.3 is 0 Å². The van der Waals surface area contributed by atoms with E-state index >= 15 is 0 Å². The Hall–Kier alpha value is -3.67. The molecular weight excluding hydrogens is 416 g/mol. The first-order valence-corrected chi connectivity index (χ1v) is 10.3. The smallest absolute Gasteiger partial charge is 0.271 e. The van der Waals surface area contributed by atoms with Crippen LogP contribution in [0.4, 0.5) is 11.4 Å². The molecule has 0 aliphatic rings. The second-order valence-corrected chi connectivity index (χ2v) is 7.83. The van der Waals surface area contributed by atoms with Crippen molar-refractivity contribution in [3.8, 4) is 11.5 Å². The van der Waals surface area contributed by atoms with Gasteiger partial charge in [-0.3, -0.25) is 19.2 Å². The molecule has 0 heterocycles. The molecule has 0 spiro atoms. The van der Waals surface area contributed by atoms with Crippen LogP contribution in [0.25, 0.3) is 0 Å². The van der Waals surface area contributed by atoms with E-state index in [0.29, 0.717) is 17.1 Å². The van der Waals surface area contributed by atoms with Gasteiger partial charge in [0.25, 0.3) is 11.6 Å². The number of hydrazone groups is 1. The van der Waals surface area contributed by atoms with Gasteiger partial charge in [0.1, 0.15) is 6.54 Å². The van der Waals surface area contributed by atoms with Gasteiger partial charge in [-0.25, -0.2) is 13.8 Å². The normalized spacial score (nSPS) is 11.2. The van der Waals surface area contributed by atoms with Gasteiger partial charge in [-0.1, -0.05) is 12.1 Å². The molecule has 160 valence electrons. The number of non-ortho nitro benzene ring substituents is 1. The lowest BCUT2D eigenvalue weighted by atomic mass is 10.2. The Morgan fingerprint density at radius 3 is 2.53 bits per heavy atom. The fourth-order valence-corrected chi connectivity index (χ4v) is 3.36. The number of para-hydroxylation sites is 1. The maximum Gasteiger partial charge on any atom is 0.271 e. The van der Waals surface area contributed by atoms with Crippen molar-refractivity contribution in [3.05, 3.63) is 58.1 Å². The van der Waals surface area contributed by atoms with E-state index in [1.165, 1.54) is 38.6 Å². The molecule has 0 bridgehead atoms. The largest absolute Gasteiger partial charge is 0.493 e. The van der Waals surface area contributed by atoms with Gasteiger partial charge in [0.15, 0.2) is 11.5 Å². The van der Waals surface area contributed by atoms with Crippen molar-refractivity contribution in [1.29, 1.82) is 0 Å². The molecular formula is C18H20N4O7S. The van der Waals surface area contributed by atoms with Crippen LogP contribution in [0.5, 0.6) is 11.5 Å². The number of carbonyl (C=O) groups is 1. The molecule has 0 fully saturated rings. The van der Waals surface area contributed by atoms with Gasteiger partial charge in [-0.2, -0.15) is 5.10 Å². The van der Waals surface area contributed by atoms with Crippen LogP contribution in [0, 0.1) is 10.1 Å². The van der Waals surface area contributed by atoms with E-state index in [-0.39, 0.29) is 11.4 Å². The standard InChI is InChI=1S/C18H20N4O7S/c1-28-16-9-4-6-13(18(16)29-2)11-19-20-17(23)12-21(30(3,26)27)14-7-5-8-15(10-14)22(24)25/h4-11H,12H2,1-3H3,(H,20,23)/b19-11+. The molecule has 0 radical (unpaired) electrons. The average Bonchev–Trinajstić information content (AvgIpc) is 2.70. The zero-order chi connectivity index (χ0) is 22.3. The van der Waals surface area contributed by atoms with Gasteiger partial charge in [0.05, 0.1) is 37.3 Å². The zero-order valence-corrected chi connectivity index (χ0v) is 17.3. The van der Waals surface area contributed by atoms with E-state index in [4.69, 9.17) is 9.47 Å². The summed E-state index contributed by atoms with van der Waals surface area (Å²) in [5, 5.41) is 14.8. The first kappa shape index (κ1) is 22.6. The summed E-state index contributed by atoms with van der Waals surface area (Å²) >= 11 is 0. The van der Waals surface area contributed by atoms with Crippen molar-refractivity contribution in [1.82, 2.24) is 5.43 Å². The molecule has 12 heteroatoms. The lowest BCUT2D eigenvalue weighted by Gasteiger charge is -2.21. The topological polar surface area (TPSA) is 140 Å². The molecule has 2 aromatic carbocycles. The SMILES string of the molecule is COc1cccc(/C=N/NC(=O)CN(c2cccc([N+](=O)[O-])c2)S(C)(=O)=O)c1OC. The monoisotopic (exact) mass is 436 g/mol. The third-order valence-corrected chi connectivity index (χ3v) is 4.98. The number of methoxy groups -OCH3 is 2. The van der Waals surface area contributed by atoms with Gasteiger partial charge in [-0.15, -0.1) is 0 Å².